The average Bonchev–Trinajstić information content (AvgIpc) is 2.98. The van der Waals surface area contributed by atoms with Crippen LogP contribution in [0.2, 0.25) is 0 Å². The van der Waals surface area contributed by atoms with E-state index in [4.69, 9.17) is 10.5 Å². The topological polar surface area (TPSA) is 55.5 Å². The van der Waals surface area contributed by atoms with Gasteiger partial charge in [0.1, 0.15) is 12.4 Å². The van der Waals surface area contributed by atoms with E-state index in [2.05, 4.69) is 6.07 Å². The van der Waals surface area contributed by atoms with Crippen molar-refractivity contribution in [1.82, 2.24) is 0 Å². The van der Waals surface area contributed by atoms with Crippen LogP contribution in [-0.4, -0.2) is 17.8 Å². The molecular formula is C18H27NO2. The standard InChI is InChI=1S/C18H27NO2/c19-17-9-3-8-16-15(17)7-4-10-18(16)21-12-14(20)11-13-5-1-2-6-13/h4,7,10,13-14,17,20H,1-3,5-6,8-9,11-12,19H2. The van der Waals surface area contributed by atoms with Crippen LogP contribution in [0.5, 0.6) is 5.75 Å². The molecule has 2 aliphatic carbocycles. The number of hydrogen-bond donors (Lipinski definition) is 2. The number of rotatable bonds is 5. The molecule has 0 spiro atoms. The summed E-state index contributed by atoms with van der Waals surface area (Å²) in [5, 5.41) is 10.2. The van der Waals surface area contributed by atoms with Gasteiger partial charge in [0.2, 0.25) is 0 Å². The molecular weight excluding hydrogens is 262 g/mol. The van der Waals surface area contributed by atoms with Gasteiger partial charge in [-0.15, -0.1) is 0 Å². The SMILES string of the molecule is NC1CCCc2c(OCC(O)CC3CCCC3)cccc21. The van der Waals surface area contributed by atoms with E-state index in [0.717, 1.165) is 31.4 Å². The lowest BCUT2D eigenvalue weighted by Gasteiger charge is -2.25. The third kappa shape index (κ3) is 3.58. The third-order valence-corrected chi connectivity index (χ3v) is 5.02. The quantitative estimate of drug-likeness (QED) is 0.874. The van der Waals surface area contributed by atoms with Crippen molar-refractivity contribution >= 4 is 0 Å². The molecule has 0 heterocycles. The average molecular weight is 289 g/mol. The fourth-order valence-corrected chi connectivity index (χ4v) is 3.87. The van der Waals surface area contributed by atoms with E-state index in [1.165, 1.54) is 36.8 Å². The first-order chi connectivity index (χ1) is 10.2. The lowest BCUT2D eigenvalue weighted by molar-refractivity contribution is 0.0849. The van der Waals surface area contributed by atoms with Crippen molar-refractivity contribution in [3.8, 4) is 5.75 Å². The molecule has 3 heteroatoms. The molecule has 0 radical (unpaired) electrons. The van der Waals surface area contributed by atoms with Crippen LogP contribution < -0.4 is 10.5 Å². The van der Waals surface area contributed by atoms with Gasteiger partial charge in [-0.2, -0.15) is 0 Å². The van der Waals surface area contributed by atoms with Crippen LogP contribution in [-0.2, 0) is 6.42 Å². The molecule has 0 aromatic heterocycles. The molecule has 0 aliphatic heterocycles. The van der Waals surface area contributed by atoms with Crippen molar-refractivity contribution in [2.24, 2.45) is 11.7 Å². The highest BCUT2D eigenvalue weighted by atomic mass is 16.5. The molecule has 3 rings (SSSR count). The molecule has 3 N–H and O–H groups in total. The van der Waals surface area contributed by atoms with Crippen molar-refractivity contribution < 1.29 is 9.84 Å². The molecule has 2 aliphatic rings. The van der Waals surface area contributed by atoms with Gasteiger partial charge in [0.25, 0.3) is 0 Å². The molecule has 3 nitrogen and oxygen atoms in total. The molecule has 0 saturated heterocycles. The minimum Gasteiger partial charge on any atom is -0.491 e. The van der Waals surface area contributed by atoms with Gasteiger partial charge in [-0.25, -0.2) is 0 Å². The van der Waals surface area contributed by atoms with Crippen LogP contribution >= 0.6 is 0 Å². The van der Waals surface area contributed by atoms with Gasteiger partial charge in [-0.3, -0.25) is 0 Å². The van der Waals surface area contributed by atoms with Crippen LogP contribution in [0.15, 0.2) is 18.2 Å². The maximum atomic E-state index is 10.2. The number of ether oxygens (including phenoxy) is 1. The van der Waals surface area contributed by atoms with Gasteiger partial charge in [0.05, 0.1) is 6.10 Å². The van der Waals surface area contributed by atoms with Crippen LogP contribution in [0, 0.1) is 5.92 Å². The van der Waals surface area contributed by atoms with E-state index in [-0.39, 0.29) is 12.1 Å². The third-order valence-electron chi connectivity index (χ3n) is 5.02. The number of aliphatic hydroxyl groups is 1. The highest BCUT2D eigenvalue weighted by Crippen LogP contribution is 2.34. The maximum absolute atomic E-state index is 10.2. The van der Waals surface area contributed by atoms with Crippen LogP contribution in [0.4, 0.5) is 0 Å². The Morgan fingerprint density at radius 2 is 2.00 bits per heavy atom. The van der Waals surface area contributed by atoms with Gasteiger partial charge >= 0.3 is 0 Å². The second kappa shape index (κ2) is 6.80. The number of hydrogen-bond acceptors (Lipinski definition) is 3. The van der Waals surface area contributed by atoms with Crippen molar-refractivity contribution in [3.63, 3.8) is 0 Å². The first-order valence-electron chi connectivity index (χ1n) is 8.42. The van der Waals surface area contributed by atoms with Crippen LogP contribution in [0.25, 0.3) is 0 Å². The van der Waals surface area contributed by atoms with Gasteiger partial charge in [0, 0.05) is 6.04 Å². The molecule has 2 atom stereocenters. The van der Waals surface area contributed by atoms with Gasteiger partial charge in [-0.05, 0) is 48.8 Å². The Morgan fingerprint density at radius 1 is 1.19 bits per heavy atom. The van der Waals surface area contributed by atoms with Crippen molar-refractivity contribution in [3.05, 3.63) is 29.3 Å². The summed E-state index contributed by atoms with van der Waals surface area (Å²) in [5.41, 5.74) is 8.66. The molecule has 0 bridgehead atoms. The molecule has 116 valence electrons. The molecule has 0 amide bonds. The van der Waals surface area contributed by atoms with E-state index in [0.29, 0.717) is 12.5 Å². The monoisotopic (exact) mass is 289 g/mol. The Labute approximate surface area is 127 Å². The lowest BCUT2D eigenvalue weighted by atomic mass is 9.87. The number of nitrogens with two attached hydrogens (primary N) is 1. The summed E-state index contributed by atoms with van der Waals surface area (Å²) < 4.78 is 5.92. The fourth-order valence-electron chi connectivity index (χ4n) is 3.87. The van der Waals surface area contributed by atoms with Crippen molar-refractivity contribution in [2.45, 2.75) is 63.5 Å². The predicted octanol–water partition coefficient (Wildman–Crippen LogP) is 3.34. The van der Waals surface area contributed by atoms with E-state index < -0.39 is 0 Å². The zero-order valence-corrected chi connectivity index (χ0v) is 12.8. The van der Waals surface area contributed by atoms with Crippen LogP contribution in [0.1, 0.15) is 62.1 Å². The van der Waals surface area contributed by atoms with Crippen molar-refractivity contribution in [1.29, 1.82) is 0 Å². The first kappa shape index (κ1) is 14.9. The zero-order chi connectivity index (χ0) is 14.7. The summed E-state index contributed by atoms with van der Waals surface area (Å²) in [6, 6.07) is 6.28. The Hall–Kier alpha value is -1.06. The van der Waals surface area contributed by atoms with Gasteiger partial charge < -0.3 is 15.6 Å². The first-order valence-corrected chi connectivity index (χ1v) is 8.42. The summed E-state index contributed by atoms with van der Waals surface area (Å²) in [6.45, 7) is 0.405. The Bertz CT molecular complexity index is 468. The molecule has 21 heavy (non-hydrogen) atoms. The second-order valence-corrected chi connectivity index (χ2v) is 6.67. The molecule has 1 aromatic carbocycles. The molecule has 1 aromatic rings. The summed E-state index contributed by atoms with van der Waals surface area (Å²) in [7, 11) is 0. The lowest BCUT2D eigenvalue weighted by Crippen LogP contribution is -2.22. The number of aliphatic hydroxyl groups excluding tert-OH is 1. The summed E-state index contributed by atoms with van der Waals surface area (Å²) >= 11 is 0. The Balaban J connectivity index is 1.58. The highest BCUT2D eigenvalue weighted by Gasteiger charge is 2.22. The second-order valence-electron chi connectivity index (χ2n) is 6.67. The normalized spacial score (nSPS) is 23.8. The van der Waals surface area contributed by atoms with E-state index in [1.54, 1.807) is 0 Å². The maximum Gasteiger partial charge on any atom is 0.122 e. The summed E-state index contributed by atoms with van der Waals surface area (Å²) in [4.78, 5) is 0. The van der Waals surface area contributed by atoms with E-state index >= 15 is 0 Å². The minimum absolute atomic E-state index is 0.140. The summed E-state index contributed by atoms with van der Waals surface area (Å²) in [5.74, 6) is 1.62. The fraction of sp³-hybridized carbons (Fsp3) is 0.667. The number of benzene rings is 1. The predicted molar refractivity (Wildman–Crippen MR) is 84.4 cm³/mol. The molecule has 2 unspecified atom stereocenters. The summed E-state index contributed by atoms with van der Waals surface area (Å²) in [6.07, 6.45) is 8.94. The van der Waals surface area contributed by atoms with Gasteiger partial charge in [0.15, 0.2) is 0 Å². The van der Waals surface area contributed by atoms with Gasteiger partial charge in [-0.1, -0.05) is 37.8 Å². The molecule has 1 saturated carbocycles. The van der Waals surface area contributed by atoms with Crippen LogP contribution in [0.3, 0.4) is 0 Å². The minimum atomic E-state index is -0.346. The number of fused-ring (bicyclic) bond motifs is 1. The van der Waals surface area contributed by atoms with Crippen molar-refractivity contribution in [2.75, 3.05) is 6.61 Å². The van der Waals surface area contributed by atoms with E-state index in [9.17, 15) is 5.11 Å². The zero-order valence-electron chi connectivity index (χ0n) is 12.8. The largest absolute Gasteiger partial charge is 0.491 e. The Morgan fingerprint density at radius 3 is 2.81 bits per heavy atom. The highest BCUT2D eigenvalue weighted by molar-refractivity contribution is 5.43. The smallest absolute Gasteiger partial charge is 0.122 e. The molecule has 1 fully saturated rings. The Kier molecular flexibility index (Phi) is 4.81. The van der Waals surface area contributed by atoms with E-state index in [1.807, 2.05) is 12.1 Å².